The second kappa shape index (κ2) is 11.2. The van der Waals surface area contributed by atoms with Crippen LogP contribution in [0.3, 0.4) is 0 Å². The van der Waals surface area contributed by atoms with E-state index in [9.17, 15) is 19.8 Å². The zero-order valence-corrected chi connectivity index (χ0v) is 14.8. The summed E-state index contributed by atoms with van der Waals surface area (Å²) in [5, 5.41) is 37.6. The minimum absolute atomic E-state index is 0. The zero-order valence-electron chi connectivity index (χ0n) is 12.6. The van der Waals surface area contributed by atoms with Gasteiger partial charge in [0.05, 0.1) is 11.1 Å². The minimum atomic E-state index is -1.01. The van der Waals surface area contributed by atoms with E-state index < -0.39 is 11.9 Å². The minimum Gasteiger partial charge on any atom is -0.872 e. The molecule has 0 heterocycles. The molecule has 112 valence electrons. The Kier molecular flexibility index (Phi) is 11.6. The maximum atomic E-state index is 10.5. The molecule has 0 unspecified atom stereocenters. The second-order valence-corrected chi connectivity index (χ2v) is 3.66. The number of hydrogen-bond donors (Lipinski definition) is 2. The van der Waals surface area contributed by atoms with Gasteiger partial charge < -0.3 is 25.9 Å². The summed E-state index contributed by atoms with van der Waals surface area (Å²) in [6.45, 7) is 0. The summed E-state index contributed by atoms with van der Waals surface area (Å²) in [5.41, 5.74) is 0.277. The first-order valence-electron chi connectivity index (χ1n) is 5.41. The van der Waals surface area contributed by atoms with Crippen LogP contribution in [0.1, 0.15) is 22.1 Å². The third-order valence-corrected chi connectivity index (χ3v) is 2.20. The van der Waals surface area contributed by atoms with Gasteiger partial charge in [0.15, 0.2) is 0 Å². The molecule has 0 saturated carbocycles. The average molecular weight is 332 g/mol. The molecular weight excluding hydrogens is 319 g/mol. The third-order valence-electron chi connectivity index (χ3n) is 2.20. The summed E-state index contributed by atoms with van der Waals surface area (Å²) in [6, 6.07) is 10.0. The topological polar surface area (TPSA) is 152 Å². The van der Waals surface area contributed by atoms with Crippen LogP contribution in [-0.4, -0.2) is 27.6 Å². The summed E-state index contributed by atoms with van der Waals surface area (Å²) in [7, 11) is 0. The Labute approximate surface area is 170 Å². The van der Waals surface area contributed by atoms with Crippen molar-refractivity contribution in [3.8, 4) is 11.5 Å². The van der Waals surface area contributed by atoms with Crippen LogP contribution in [0.2, 0.25) is 0 Å². The van der Waals surface area contributed by atoms with Gasteiger partial charge in [0.2, 0.25) is 0 Å². The summed E-state index contributed by atoms with van der Waals surface area (Å²) in [5.74, 6) is -2.38. The van der Waals surface area contributed by atoms with E-state index in [-0.39, 0.29) is 80.9 Å². The van der Waals surface area contributed by atoms with E-state index in [1.54, 1.807) is 0 Å². The molecule has 0 atom stereocenters. The first-order chi connectivity index (χ1) is 9.40. The van der Waals surface area contributed by atoms with Gasteiger partial charge in [0.25, 0.3) is 0 Å². The molecule has 7 nitrogen and oxygen atoms in total. The Hall–Kier alpha value is -1.42. The van der Waals surface area contributed by atoms with Crippen LogP contribution in [-0.2, 0) is 0 Å². The van der Waals surface area contributed by atoms with Gasteiger partial charge in [-0.3, -0.25) is 0 Å². The maximum Gasteiger partial charge on any atom is 1.00 e. The SMILES string of the molecule is O.O=C(O)c1ccc([O-])cc1.O=C(O)c1ccc([O-])cc1.[H+].[K+]. The molecule has 0 spiro atoms. The van der Waals surface area contributed by atoms with E-state index in [1.165, 1.54) is 48.5 Å². The largest absolute Gasteiger partial charge is 1.00 e. The molecule has 0 aromatic heterocycles. The molecule has 2 aromatic carbocycles. The van der Waals surface area contributed by atoms with Gasteiger partial charge in [-0.25, -0.2) is 9.59 Å². The van der Waals surface area contributed by atoms with E-state index >= 15 is 0 Å². The molecule has 22 heavy (non-hydrogen) atoms. The van der Waals surface area contributed by atoms with Gasteiger partial charge in [-0.2, -0.15) is 0 Å². The van der Waals surface area contributed by atoms with Crippen molar-refractivity contribution in [3.63, 3.8) is 0 Å². The Morgan fingerprint density at radius 3 is 1.14 bits per heavy atom. The monoisotopic (exact) mass is 332 g/mol. The maximum absolute atomic E-state index is 10.5. The van der Waals surface area contributed by atoms with Gasteiger partial charge in [-0.15, -0.1) is 11.5 Å². The van der Waals surface area contributed by atoms with Crippen LogP contribution in [0.25, 0.3) is 0 Å². The second-order valence-electron chi connectivity index (χ2n) is 3.66. The van der Waals surface area contributed by atoms with Gasteiger partial charge in [-0.05, 0) is 24.3 Å². The molecule has 0 bridgehead atoms. The molecule has 0 aliphatic heterocycles. The van der Waals surface area contributed by atoms with Gasteiger partial charge >= 0.3 is 64.7 Å². The van der Waals surface area contributed by atoms with Crippen molar-refractivity contribution < 1.29 is 88.3 Å². The number of rotatable bonds is 2. The standard InChI is InChI=1S/2C7H6O3.K.H2O/c2*8-6-3-1-5(2-4-6)7(9)10;;/h2*1-4,8H,(H,9,10);;1H2/q;;+1;/p-1. The molecule has 0 saturated heterocycles. The normalized spacial score (nSPS) is 8.36. The Balaban J connectivity index is -0.000000308. The molecular formula is C14H13KO7. The predicted molar refractivity (Wildman–Crippen MR) is 70.4 cm³/mol. The molecule has 0 radical (unpaired) electrons. The zero-order chi connectivity index (χ0) is 15.1. The summed E-state index contributed by atoms with van der Waals surface area (Å²) < 4.78 is 0. The summed E-state index contributed by atoms with van der Waals surface area (Å²) in [4.78, 5) is 20.4. The number of carboxylic acids is 2. The molecule has 8 heteroatoms. The van der Waals surface area contributed by atoms with Crippen molar-refractivity contribution >= 4 is 11.9 Å². The van der Waals surface area contributed by atoms with Crippen molar-refractivity contribution in [1.82, 2.24) is 0 Å². The fourth-order valence-electron chi connectivity index (χ4n) is 1.20. The van der Waals surface area contributed by atoms with E-state index in [0.29, 0.717) is 0 Å². The number of hydrogen-bond acceptors (Lipinski definition) is 4. The van der Waals surface area contributed by atoms with E-state index in [4.69, 9.17) is 10.2 Å². The number of benzene rings is 2. The molecule has 2 rings (SSSR count). The molecule has 0 aliphatic rings. The van der Waals surface area contributed by atoms with Crippen molar-refractivity contribution in [2.75, 3.05) is 0 Å². The summed E-state index contributed by atoms with van der Waals surface area (Å²) in [6.07, 6.45) is 0. The smallest absolute Gasteiger partial charge is 0.872 e. The average Bonchev–Trinajstić information content (AvgIpc) is 2.40. The number of carbonyl (C=O) groups is 2. The van der Waals surface area contributed by atoms with E-state index in [2.05, 4.69) is 0 Å². The van der Waals surface area contributed by atoms with Crippen LogP contribution in [0.4, 0.5) is 0 Å². The van der Waals surface area contributed by atoms with E-state index in [0.717, 1.165) is 0 Å². The Morgan fingerprint density at radius 2 is 0.955 bits per heavy atom. The number of carboxylic acid groups (broad SMARTS) is 2. The molecule has 0 fully saturated rings. The first-order valence-corrected chi connectivity index (χ1v) is 5.41. The van der Waals surface area contributed by atoms with Crippen LogP contribution in [0.5, 0.6) is 11.5 Å². The summed E-state index contributed by atoms with van der Waals surface area (Å²) >= 11 is 0. The van der Waals surface area contributed by atoms with Crippen LogP contribution in [0.15, 0.2) is 48.5 Å². The van der Waals surface area contributed by atoms with Crippen molar-refractivity contribution in [3.05, 3.63) is 59.7 Å². The predicted octanol–water partition coefficient (Wildman–Crippen LogP) is -2.79. The van der Waals surface area contributed by atoms with E-state index in [1.807, 2.05) is 0 Å². The van der Waals surface area contributed by atoms with Crippen molar-refractivity contribution in [1.29, 1.82) is 0 Å². The molecule has 0 amide bonds. The molecule has 0 aliphatic carbocycles. The first kappa shape index (κ1) is 22.9. The quantitative estimate of drug-likeness (QED) is 0.567. The molecule has 4 N–H and O–H groups in total. The Morgan fingerprint density at radius 1 is 0.727 bits per heavy atom. The Bertz CT molecular complexity index is 544. The van der Waals surface area contributed by atoms with Crippen LogP contribution >= 0.6 is 0 Å². The van der Waals surface area contributed by atoms with Gasteiger partial charge in [0.1, 0.15) is 0 Å². The van der Waals surface area contributed by atoms with Gasteiger partial charge in [0, 0.05) is 0 Å². The van der Waals surface area contributed by atoms with Crippen molar-refractivity contribution in [2.45, 2.75) is 0 Å². The fraction of sp³-hybridized carbons (Fsp3) is 0. The van der Waals surface area contributed by atoms with Crippen LogP contribution < -0.4 is 61.6 Å². The third kappa shape index (κ3) is 8.13. The van der Waals surface area contributed by atoms with Crippen molar-refractivity contribution in [2.24, 2.45) is 0 Å². The number of aromatic carboxylic acids is 2. The fourth-order valence-corrected chi connectivity index (χ4v) is 1.20. The van der Waals surface area contributed by atoms with Crippen LogP contribution in [0, 0.1) is 0 Å². The molecule has 2 aromatic rings. The van der Waals surface area contributed by atoms with Gasteiger partial charge in [-0.1, -0.05) is 24.3 Å².